The number of halogens is 1. The molecule has 8 rings (SSSR count). The second-order valence-corrected chi connectivity index (χ2v) is 13.6. The van der Waals surface area contributed by atoms with Gasteiger partial charge < -0.3 is 20.1 Å². The number of methoxy groups -OCH3 is 1. The number of carbonyl (C=O) groups is 1. The summed E-state index contributed by atoms with van der Waals surface area (Å²) in [7, 11) is 3.30. The second kappa shape index (κ2) is 11.9. The Morgan fingerprint density at radius 1 is 1.06 bits per heavy atom. The zero-order valence-corrected chi connectivity index (χ0v) is 28.5. The van der Waals surface area contributed by atoms with E-state index in [9.17, 15) is 9.59 Å². The molecule has 1 amide bonds. The number of nitrogens with zero attached hydrogens (tertiary/aromatic N) is 5. The number of ether oxygens (including phenoxy) is 2. The number of hydrogen-bond acceptors (Lipinski definition) is 9. The first-order valence-electron chi connectivity index (χ1n) is 16.4. The van der Waals surface area contributed by atoms with Crippen LogP contribution in [0.15, 0.2) is 59.5 Å². The van der Waals surface area contributed by atoms with Crippen molar-refractivity contribution in [1.29, 1.82) is 0 Å². The number of amides is 1. The Balaban J connectivity index is 1.11. The molecule has 11 nitrogen and oxygen atoms in total. The third-order valence-corrected chi connectivity index (χ3v) is 10.5. The van der Waals surface area contributed by atoms with Gasteiger partial charge in [0.15, 0.2) is 0 Å². The highest BCUT2D eigenvalue weighted by atomic mass is 35.5. The van der Waals surface area contributed by atoms with Crippen LogP contribution in [0.5, 0.6) is 5.88 Å². The average molecular weight is 678 g/mol. The highest BCUT2D eigenvalue weighted by Crippen LogP contribution is 2.47. The molecule has 0 bridgehead atoms. The summed E-state index contributed by atoms with van der Waals surface area (Å²) in [6, 6.07) is 16.2. The SMILES string of the molecule is COc1nc(-c2cccc(-c3cccc(Nc4nc(C)cc5cnn(C)c(=O)c45)c3C)c2Cl)cc2c1[C@H](N1CC3(CNC(=O)CO3)C1)CC2. The smallest absolute Gasteiger partial charge is 0.278 e. The van der Waals surface area contributed by atoms with Gasteiger partial charge in [0.05, 0.1) is 29.4 Å². The number of rotatable bonds is 6. The van der Waals surface area contributed by atoms with Crippen molar-refractivity contribution in [3.05, 3.63) is 92.5 Å². The lowest BCUT2D eigenvalue weighted by atomic mass is 9.89. The molecule has 1 aliphatic carbocycles. The van der Waals surface area contributed by atoms with Gasteiger partial charge in [-0.25, -0.2) is 14.6 Å². The number of carbonyl (C=O) groups excluding carboxylic acids is 1. The Morgan fingerprint density at radius 3 is 2.61 bits per heavy atom. The Morgan fingerprint density at radius 2 is 1.84 bits per heavy atom. The molecule has 0 unspecified atom stereocenters. The largest absolute Gasteiger partial charge is 0.481 e. The summed E-state index contributed by atoms with van der Waals surface area (Å²) in [4.78, 5) is 36.8. The highest BCUT2D eigenvalue weighted by Gasteiger charge is 2.50. The van der Waals surface area contributed by atoms with Gasteiger partial charge in [0.1, 0.15) is 18.0 Å². The minimum Gasteiger partial charge on any atom is -0.481 e. The number of benzene rings is 2. The predicted molar refractivity (Wildman–Crippen MR) is 189 cm³/mol. The number of aromatic nitrogens is 4. The molecule has 0 saturated carbocycles. The minimum atomic E-state index is -0.310. The molecule has 2 fully saturated rings. The summed E-state index contributed by atoms with van der Waals surface area (Å²) in [5.41, 5.74) is 7.73. The number of pyridine rings is 2. The summed E-state index contributed by atoms with van der Waals surface area (Å²) < 4.78 is 13.1. The van der Waals surface area contributed by atoms with Crippen LogP contribution in [0, 0.1) is 13.8 Å². The van der Waals surface area contributed by atoms with Crippen LogP contribution in [0.25, 0.3) is 33.2 Å². The van der Waals surface area contributed by atoms with Crippen LogP contribution in [0.4, 0.5) is 11.5 Å². The van der Waals surface area contributed by atoms with E-state index < -0.39 is 0 Å². The zero-order chi connectivity index (χ0) is 34.0. The molecule has 2 saturated heterocycles. The third kappa shape index (κ3) is 5.33. The van der Waals surface area contributed by atoms with Gasteiger partial charge in [-0.2, -0.15) is 5.10 Å². The lowest BCUT2D eigenvalue weighted by molar-refractivity contribution is -0.179. The van der Waals surface area contributed by atoms with Gasteiger partial charge in [0, 0.05) is 66.2 Å². The number of anilines is 2. The van der Waals surface area contributed by atoms with Gasteiger partial charge in [-0.05, 0) is 61.6 Å². The number of morpholine rings is 1. The van der Waals surface area contributed by atoms with E-state index >= 15 is 0 Å². The molecule has 2 N–H and O–H groups in total. The minimum absolute atomic E-state index is 0.0598. The first kappa shape index (κ1) is 31.4. The van der Waals surface area contributed by atoms with E-state index in [1.165, 1.54) is 10.2 Å². The molecule has 49 heavy (non-hydrogen) atoms. The summed E-state index contributed by atoms with van der Waals surface area (Å²) in [6.07, 6.45) is 3.54. The fourth-order valence-electron chi connectivity index (χ4n) is 7.55. The lowest BCUT2D eigenvalue weighted by Gasteiger charge is -2.53. The van der Waals surface area contributed by atoms with Gasteiger partial charge in [0.25, 0.3) is 5.56 Å². The summed E-state index contributed by atoms with van der Waals surface area (Å²) in [5.74, 6) is 1.03. The fourth-order valence-corrected chi connectivity index (χ4v) is 7.87. The summed E-state index contributed by atoms with van der Waals surface area (Å²) in [5, 5.41) is 12.4. The Kier molecular flexibility index (Phi) is 7.66. The van der Waals surface area contributed by atoms with Crippen LogP contribution in [0.1, 0.15) is 34.8 Å². The standard InChI is InChI=1S/C37H36ClN7O4/c1-20-13-23-15-40-44(3)36(47)32(23)34(41-20)42-27-10-6-7-24(21(27)2)25-8-5-9-26(33(25)38)28-14-22-11-12-29(31(22)35(43-28)48-4)45-18-37(19-45)17-39-30(46)16-49-37/h5-10,13-15,29H,11-12,16-19H2,1-4H3,(H,39,46)(H,41,42)/t29-/m1/s1. The molecule has 0 radical (unpaired) electrons. The van der Waals surface area contributed by atoms with Crippen LogP contribution in [0.3, 0.4) is 0 Å². The van der Waals surface area contributed by atoms with Crippen LogP contribution < -0.4 is 20.9 Å². The normalized spacial score (nSPS) is 18.3. The third-order valence-electron chi connectivity index (χ3n) is 10.1. The zero-order valence-electron chi connectivity index (χ0n) is 27.8. The van der Waals surface area contributed by atoms with Gasteiger partial charge in [-0.1, -0.05) is 41.9 Å². The Labute approximate surface area is 288 Å². The maximum Gasteiger partial charge on any atom is 0.278 e. The number of fused-ring (bicyclic) bond motifs is 2. The van der Waals surface area contributed by atoms with Crippen molar-refractivity contribution >= 4 is 39.8 Å². The molecule has 250 valence electrons. The Bertz CT molecular complexity index is 2220. The first-order valence-corrected chi connectivity index (χ1v) is 16.7. The van der Waals surface area contributed by atoms with E-state index in [0.717, 1.165) is 76.2 Å². The molecule has 2 aliphatic heterocycles. The highest BCUT2D eigenvalue weighted by molar-refractivity contribution is 6.36. The van der Waals surface area contributed by atoms with Crippen LogP contribution >= 0.6 is 11.6 Å². The maximum atomic E-state index is 13.1. The van der Waals surface area contributed by atoms with Crippen molar-refractivity contribution in [2.75, 3.05) is 38.7 Å². The molecule has 3 aromatic heterocycles. The molecule has 5 heterocycles. The second-order valence-electron chi connectivity index (χ2n) is 13.2. The van der Waals surface area contributed by atoms with Crippen LogP contribution in [-0.2, 0) is 23.0 Å². The monoisotopic (exact) mass is 677 g/mol. The number of likely N-dealkylation sites (tertiary alicyclic amines) is 1. The predicted octanol–water partition coefficient (Wildman–Crippen LogP) is 5.27. The van der Waals surface area contributed by atoms with Gasteiger partial charge >= 0.3 is 0 Å². The summed E-state index contributed by atoms with van der Waals surface area (Å²) in [6.45, 7) is 6.10. The quantitative estimate of drug-likeness (QED) is 0.248. The Hall–Kier alpha value is -4.84. The van der Waals surface area contributed by atoms with Crippen molar-refractivity contribution in [3.63, 3.8) is 0 Å². The van der Waals surface area contributed by atoms with E-state index in [1.54, 1.807) is 20.4 Å². The molecule has 3 aliphatic rings. The first-order chi connectivity index (χ1) is 23.6. The molecule has 1 spiro atoms. The lowest BCUT2D eigenvalue weighted by Crippen LogP contribution is -2.70. The average Bonchev–Trinajstić information content (AvgIpc) is 3.50. The van der Waals surface area contributed by atoms with Crippen molar-refractivity contribution in [2.45, 2.75) is 38.3 Å². The molecule has 2 aromatic carbocycles. The summed E-state index contributed by atoms with van der Waals surface area (Å²) >= 11 is 7.23. The van der Waals surface area contributed by atoms with Crippen molar-refractivity contribution < 1.29 is 14.3 Å². The molecular weight excluding hydrogens is 642 g/mol. The van der Waals surface area contributed by atoms with E-state index in [1.807, 2.05) is 56.3 Å². The van der Waals surface area contributed by atoms with E-state index in [4.69, 9.17) is 26.1 Å². The van der Waals surface area contributed by atoms with Crippen molar-refractivity contribution in [1.82, 2.24) is 30.0 Å². The maximum absolute atomic E-state index is 13.1. The van der Waals surface area contributed by atoms with Gasteiger partial charge in [-0.15, -0.1) is 0 Å². The molecule has 1 atom stereocenters. The van der Waals surface area contributed by atoms with E-state index in [0.29, 0.717) is 28.7 Å². The topological polar surface area (TPSA) is 124 Å². The van der Waals surface area contributed by atoms with E-state index in [2.05, 4.69) is 31.7 Å². The molecular formula is C37H36ClN7O4. The van der Waals surface area contributed by atoms with Crippen LogP contribution in [0.2, 0.25) is 5.02 Å². The van der Waals surface area contributed by atoms with Gasteiger partial charge in [-0.3, -0.25) is 14.5 Å². The van der Waals surface area contributed by atoms with Gasteiger partial charge in [0.2, 0.25) is 11.8 Å². The molecule has 5 aromatic rings. The van der Waals surface area contributed by atoms with Crippen molar-refractivity contribution in [3.8, 4) is 28.3 Å². The number of nitrogens with one attached hydrogen (secondary N) is 2. The van der Waals surface area contributed by atoms with Crippen molar-refractivity contribution in [2.24, 2.45) is 7.05 Å². The van der Waals surface area contributed by atoms with E-state index in [-0.39, 0.29) is 29.7 Å². The number of aryl methyl sites for hydroxylation is 3. The molecule has 12 heteroatoms. The number of hydrogen-bond donors (Lipinski definition) is 2. The van der Waals surface area contributed by atoms with Crippen LogP contribution in [-0.4, -0.2) is 69.5 Å². The fraction of sp³-hybridized carbons (Fsp3) is 0.324.